The molecule has 34 heavy (non-hydrogen) atoms. The first kappa shape index (κ1) is 30.7. The van der Waals surface area contributed by atoms with Crippen LogP contribution in [0, 0.1) is 0 Å². The van der Waals surface area contributed by atoms with Crippen LogP contribution in [0.25, 0.3) is 0 Å². The molecule has 0 saturated carbocycles. The number of hydrogen-bond donors (Lipinski definition) is 3. The molecular weight excluding hydrogens is 446 g/mol. The quantitative estimate of drug-likeness (QED) is 0.174. The average molecular weight is 492 g/mol. The largest absolute Gasteiger partial charge is 0.391 e. The van der Waals surface area contributed by atoms with E-state index in [4.69, 9.17) is 29.4 Å². The summed E-state index contributed by atoms with van der Waals surface area (Å²) in [6.45, 7) is 5.75. The third kappa shape index (κ3) is 15.5. The Morgan fingerprint density at radius 2 is 1.53 bits per heavy atom. The van der Waals surface area contributed by atoms with Crippen molar-refractivity contribution >= 4 is 11.8 Å². The molecule has 11 heteroatoms. The first-order valence-corrected chi connectivity index (χ1v) is 12.3. The van der Waals surface area contributed by atoms with E-state index in [2.05, 4.69) is 5.32 Å². The molecule has 1 aliphatic heterocycles. The lowest BCUT2D eigenvalue weighted by Crippen LogP contribution is -2.38. The van der Waals surface area contributed by atoms with Crippen LogP contribution in [-0.2, 0) is 33.3 Å². The fraction of sp³-hybridized carbons (Fsp3) is 0.913. The number of amides is 2. The summed E-state index contributed by atoms with van der Waals surface area (Å²) < 4.78 is 26.5. The molecule has 200 valence electrons. The smallest absolute Gasteiger partial charge is 0.222 e. The molecule has 0 radical (unpaired) electrons. The lowest BCUT2D eigenvalue weighted by molar-refractivity contribution is -0.133. The maximum Gasteiger partial charge on any atom is 0.222 e. The van der Waals surface area contributed by atoms with Gasteiger partial charge in [-0.2, -0.15) is 0 Å². The zero-order chi connectivity index (χ0) is 24.9. The summed E-state index contributed by atoms with van der Waals surface area (Å²) in [6, 6.07) is -0.0354. The van der Waals surface area contributed by atoms with E-state index < -0.39 is 6.10 Å². The Balaban J connectivity index is 1.86. The van der Waals surface area contributed by atoms with Gasteiger partial charge in [0.1, 0.15) is 0 Å². The van der Waals surface area contributed by atoms with Crippen LogP contribution in [0.1, 0.15) is 38.5 Å². The summed E-state index contributed by atoms with van der Waals surface area (Å²) in [5, 5.41) is 12.7. The second-order valence-corrected chi connectivity index (χ2v) is 8.19. The highest BCUT2D eigenvalue weighted by Crippen LogP contribution is 2.20. The standard InChI is InChI=1S/C23H45N3O8/c1-30-19-20-17-21(27)18-26(20)23(29)5-3-2-4-8-25-22(28)6-9-31-11-13-33-15-16-34-14-12-32-10-7-24/h20-21,27H,2-19,24H2,1H3,(H,25,28)/t20-,21+/m0/s1. The van der Waals surface area contributed by atoms with Gasteiger partial charge >= 0.3 is 0 Å². The molecule has 0 aromatic carbocycles. The molecule has 2 amide bonds. The second kappa shape index (κ2) is 21.0. The Kier molecular flexibility index (Phi) is 18.9. The molecule has 0 aromatic rings. The number of nitrogens with one attached hydrogen (secondary N) is 1. The van der Waals surface area contributed by atoms with Gasteiger partial charge in [-0.25, -0.2) is 0 Å². The number of aliphatic hydroxyl groups is 1. The number of ether oxygens (including phenoxy) is 5. The summed E-state index contributed by atoms with van der Waals surface area (Å²) in [5.41, 5.74) is 5.31. The first-order valence-electron chi connectivity index (χ1n) is 12.3. The maximum absolute atomic E-state index is 12.4. The highest BCUT2D eigenvalue weighted by atomic mass is 16.6. The minimum absolute atomic E-state index is 0.0354. The van der Waals surface area contributed by atoms with Crippen LogP contribution in [0.5, 0.6) is 0 Å². The molecule has 1 heterocycles. The van der Waals surface area contributed by atoms with E-state index in [1.807, 2.05) is 0 Å². The van der Waals surface area contributed by atoms with Crippen LogP contribution in [-0.4, -0.2) is 120 Å². The summed E-state index contributed by atoms with van der Waals surface area (Å²) in [5.74, 6) is 0.0138. The van der Waals surface area contributed by atoms with E-state index >= 15 is 0 Å². The Hall–Kier alpha value is -1.34. The van der Waals surface area contributed by atoms with Crippen molar-refractivity contribution in [1.29, 1.82) is 0 Å². The summed E-state index contributed by atoms with van der Waals surface area (Å²) in [7, 11) is 1.60. The molecule has 0 aromatic heterocycles. The molecule has 0 bridgehead atoms. The van der Waals surface area contributed by atoms with Crippen molar-refractivity contribution in [3.63, 3.8) is 0 Å². The minimum atomic E-state index is -0.465. The number of nitrogens with zero attached hydrogens (tertiary/aromatic N) is 1. The van der Waals surface area contributed by atoms with E-state index in [0.29, 0.717) is 98.4 Å². The van der Waals surface area contributed by atoms with Crippen LogP contribution < -0.4 is 11.1 Å². The van der Waals surface area contributed by atoms with E-state index in [1.165, 1.54) is 0 Å². The summed E-state index contributed by atoms with van der Waals surface area (Å²) >= 11 is 0. The van der Waals surface area contributed by atoms with Gasteiger partial charge in [0.05, 0.1) is 71.6 Å². The molecule has 1 saturated heterocycles. The highest BCUT2D eigenvalue weighted by molar-refractivity contribution is 5.77. The van der Waals surface area contributed by atoms with Crippen LogP contribution in [0.15, 0.2) is 0 Å². The number of rotatable bonds is 22. The summed E-state index contributed by atoms with van der Waals surface area (Å²) in [4.78, 5) is 25.9. The number of carbonyl (C=O) groups is 2. The summed E-state index contributed by atoms with van der Waals surface area (Å²) in [6.07, 6.45) is 3.30. The number of methoxy groups -OCH3 is 1. The van der Waals surface area contributed by atoms with Gasteiger partial charge in [-0.1, -0.05) is 6.42 Å². The first-order chi connectivity index (χ1) is 16.6. The highest BCUT2D eigenvalue weighted by Gasteiger charge is 2.33. The topological polar surface area (TPSA) is 142 Å². The predicted octanol–water partition coefficient (Wildman–Crippen LogP) is -0.314. The Morgan fingerprint density at radius 3 is 2.15 bits per heavy atom. The molecule has 4 N–H and O–H groups in total. The van der Waals surface area contributed by atoms with Crippen molar-refractivity contribution in [2.24, 2.45) is 5.73 Å². The van der Waals surface area contributed by atoms with Crippen LogP contribution in [0.2, 0.25) is 0 Å². The van der Waals surface area contributed by atoms with Gasteiger partial charge in [0, 0.05) is 39.6 Å². The Morgan fingerprint density at radius 1 is 0.912 bits per heavy atom. The van der Waals surface area contributed by atoms with Crippen molar-refractivity contribution in [2.75, 3.05) is 86.2 Å². The SMILES string of the molecule is COC[C@@H]1C[C@@H](O)CN1C(=O)CCCCCNC(=O)CCOCCOCCOCCOCCN. The van der Waals surface area contributed by atoms with Gasteiger partial charge in [0.25, 0.3) is 0 Å². The molecule has 1 rings (SSSR count). The van der Waals surface area contributed by atoms with Gasteiger partial charge in [-0.15, -0.1) is 0 Å². The average Bonchev–Trinajstić information content (AvgIpc) is 3.19. The monoisotopic (exact) mass is 491 g/mol. The van der Waals surface area contributed by atoms with E-state index in [9.17, 15) is 14.7 Å². The van der Waals surface area contributed by atoms with Gasteiger partial charge in [-0.05, 0) is 19.3 Å². The van der Waals surface area contributed by atoms with Gasteiger partial charge in [-0.3, -0.25) is 9.59 Å². The number of aliphatic hydroxyl groups excluding tert-OH is 1. The number of unbranched alkanes of at least 4 members (excludes halogenated alkanes) is 2. The van der Waals surface area contributed by atoms with Crippen LogP contribution >= 0.6 is 0 Å². The Labute approximate surface area is 203 Å². The molecule has 0 unspecified atom stereocenters. The number of carbonyl (C=O) groups excluding carboxylic acids is 2. The van der Waals surface area contributed by atoms with Crippen molar-refractivity contribution in [1.82, 2.24) is 10.2 Å². The van der Waals surface area contributed by atoms with Crippen molar-refractivity contribution in [2.45, 2.75) is 50.7 Å². The van der Waals surface area contributed by atoms with E-state index in [1.54, 1.807) is 12.0 Å². The van der Waals surface area contributed by atoms with E-state index in [0.717, 1.165) is 19.3 Å². The Bertz CT molecular complexity index is 526. The predicted molar refractivity (Wildman–Crippen MR) is 126 cm³/mol. The third-order valence-electron chi connectivity index (χ3n) is 5.31. The fourth-order valence-electron chi connectivity index (χ4n) is 3.60. The minimum Gasteiger partial charge on any atom is -0.391 e. The van der Waals surface area contributed by atoms with Crippen LogP contribution in [0.4, 0.5) is 0 Å². The lowest BCUT2D eigenvalue weighted by atomic mass is 10.1. The molecule has 2 atom stereocenters. The third-order valence-corrected chi connectivity index (χ3v) is 5.31. The molecular formula is C23H45N3O8. The van der Waals surface area contributed by atoms with Gasteiger partial charge < -0.3 is 44.7 Å². The van der Waals surface area contributed by atoms with Crippen molar-refractivity contribution in [3.8, 4) is 0 Å². The number of hydrogen-bond acceptors (Lipinski definition) is 9. The fourth-order valence-corrected chi connectivity index (χ4v) is 3.60. The van der Waals surface area contributed by atoms with Crippen LogP contribution in [0.3, 0.4) is 0 Å². The maximum atomic E-state index is 12.4. The van der Waals surface area contributed by atoms with Crippen molar-refractivity contribution in [3.05, 3.63) is 0 Å². The normalized spacial score (nSPS) is 17.9. The molecule has 1 fully saturated rings. The molecule has 11 nitrogen and oxygen atoms in total. The van der Waals surface area contributed by atoms with Gasteiger partial charge in [0.2, 0.25) is 11.8 Å². The number of nitrogens with two attached hydrogens (primary N) is 1. The lowest BCUT2D eigenvalue weighted by Gasteiger charge is -2.23. The van der Waals surface area contributed by atoms with Gasteiger partial charge in [0.15, 0.2) is 0 Å². The van der Waals surface area contributed by atoms with Crippen molar-refractivity contribution < 1.29 is 38.4 Å². The molecule has 0 aliphatic carbocycles. The zero-order valence-electron chi connectivity index (χ0n) is 20.7. The number of likely N-dealkylation sites (tertiary alicyclic amines) is 1. The second-order valence-electron chi connectivity index (χ2n) is 8.19. The van der Waals surface area contributed by atoms with E-state index in [-0.39, 0.29) is 17.9 Å². The molecule has 0 spiro atoms. The number of β-amino-alcohol motifs (C(OH)–C–C–N with tert-alkyl or cyclic N) is 1. The zero-order valence-corrected chi connectivity index (χ0v) is 20.7. The molecule has 1 aliphatic rings.